The van der Waals surface area contributed by atoms with Gasteiger partial charge < -0.3 is 29.6 Å². The van der Waals surface area contributed by atoms with Gasteiger partial charge in [-0.2, -0.15) is 0 Å². The lowest BCUT2D eigenvalue weighted by atomic mass is 10.3. The van der Waals surface area contributed by atoms with Gasteiger partial charge in [0, 0.05) is 18.2 Å². The standard InChI is InChI=1S/C22H31ClN7O5P/c1-14(2)28-22(31)18(10-33-4)29-36(32,35-17-7-5-16(23)6-8-17)13-34-15(3)9-30-12-27-19-20(24)25-11-26-21(19)30/h5-8,11-12,14-15,18H,9-10,13H2,1-4H3,(H,28,31)(H,29,32)(H2,24,25,26)/t15-,18+,36+/m1/s1. The second-order valence-electron chi connectivity index (χ2n) is 8.45. The summed E-state index contributed by atoms with van der Waals surface area (Å²) in [5, 5.41) is 6.12. The first-order chi connectivity index (χ1) is 17.1. The predicted octanol–water partition coefficient (Wildman–Crippen LogP) is 2.83. The van der Waals surface area contributed by atoms with Crippen LogP contribution in [0.4, 0.5) is 5.82 Å². The molecule has 3 atom stereocenters. The van der Waals surface area contributed by atoms with Crippen LogP contribution in [0.25, 0.3) is 11.2 Å². The number of nitrogens with one attached hydrogen (secondary N) is 2. The summed E-state index contributed by atoms with van der Waals surface area (Å²) in [6, 6.07) is 5.34. The lowest BCUT2D eigenvalue weighted by Gasteiger charge is -2.27. The van der Waals surface area contributed by atoms with Gasteiger partial charge in [0.1, 0.15) is 30.0 Å². The fourth-order valence-corrected chi connectivity index (χ4v) is 5.19. The number of methoxy groups -OCH3 is 1. The third-order valence-electron chi connectivity index (χ3n) is 4.91. The number of imidazole rings is 1. The zero-order chi connectivity index (χ0) is 26.3. The van der Waals surface area contributed by atoms with Crippen LogP contribution in [0.1, 0.15) is 20.8 Å². The lowest BCUT2D eigenvalue weighted by molar-refractivity contribution is -0.124. The average molecular weight is 540 g/mol. The van der Waals surface area contributed by atoms with Gasteiger partial charge in [0.15, 0.2) is 11.5 Å². The van der Waals surface area contributed by atoms with Gasteiger partial charge in [-0.25, -0.2) is 20.0 Å². The van der Waals surface area contributed by atoms with Crippen molar-refractivity contribution in [2.24, 2.45) is 0 Å². The van der Waals surface area contributed by atoms with E-state index < -0.39 is 19.7 Å². The van der Waals surface area contributed by atoms with E-state index in [4.69, 9.17) is 31.3 Å². The van der Waals surface area contributed by atoms with E-state index in [-0.39, 0.29) is 30.7 Å². The number of anilines is 1. The molecule has 0 fully saturated rings. The summed E-state index contributed by atoms with van der Waals surface area (Å²) in [4.78, 5) is 25.1. The van der Waals surface area contributed by atoms with E-state index in [1.807, 2.05) is 13.8 Å². The van der Waals surface area contributed by atoms with Gasteiger partial charge in [-0.05, 0) is 45.0 Å². The lowest BCUT2D eigenvalue weighted by Crippen LogP contribution is -2.48. The number of nitrogens with zero attached hydrogens (tertiary/aromatic N) is 4. The number of carbonyl (C=O) groups is 1. The maximum Gasteiger partial charge on any atom is 0.342 e. The molecule has 0 saturated carbocycles. The number of carbonyl (C=O) groups excluding carboxylic acids is 1. The number of hydrogen-bond donors (Lipinski definition) is 3. The summed E-state index contributed by atoms with van der Waals surface area (Å²) in [5.74, 6) is 0.211. The summed E-state index contributed by atoms with van der Waals surface area (Å²) in [5.41, 5.74) is 6.90. The Morgan fingerprint density at radius 3 is 2.58 bits per heavy atom. The molecule has 0 spiro atoms. The minimum atomic E-state index is -3.77. The molecule has 196 valence electrons. The third kappa shape index (κ3) is 7.62. The van der Waals surface area contributed by atoms with E-state index in [1.165, 1.54) is 13.4 Å². The first-order valence-corrected chi connectivity index (χ1v) is 13.4. The number of rotatable bonds is 13. The first-order valence-electron chi connectivity index (χ1n) is 11.2. The number of fused-ring (bicyclic) bond motifs is 1. The van der Waals surface area contributed by atoms with Crippen LogP contribution in [0, 0.1) is 0 Å². The van der Waals surface area contributed by atoms with Crippen LogP contribution >= 0.6 is 19.1 Å². The Bertz CT molecular complexity index is 1210. The molecule has 1 aromatic carbocycles. The topological polar surface area (TPSA) is 156 Å². The quantitative estimate of drug-likeness (QED) is 0.276. The van der Waals surface area contributed by atoms with E-state index in [0.29, 0.717) is 28.5 Å². The minimum Gasteiger partial charge on any atom is -0.431 e. The zero-order valence-corrected chi connectivity index (χ0v) is 22.2. The first kappa shape index (κ1) is 27.8. The predicted molar refractivity (Wildman–Crippen MR) is 137 cm³/mol. The number of amides is 1. The molecule has 3 rings (SSSR count). The van der Waals surface area contributed by atoms with Crippen molar-refractivity contribution in [3.05, 3.63) is 41.9 Å². The molecule has 0 aliphatic heterocycles. The van der Waals surface area contributed by atoms with Crippen LogP contribution in [0.2, 0.25) is 5.02 Å². The van der Waals surface area contributed by atoms with Crippen LogP contribution in [0.15, 0.2) is 36.9 Å². The molecule has 0 bridgehead atoms. The van der Waals surface area contributed by atoms with Crippen molar-refractivity contribution in [2.45, 2.75) is 45.5 Å². The van der Waals surface area contributed by atoms with Gasteiger partial charge in [-0.1, -0.05) is 11.6 Å². The number of nitrogens with two attached hydrogens (primary N) is 1. The summed E-state index contributed by atoms with van der Waals surface area (Å²) >= 11 is 5.96. The van der Waals surface area contributed by atoms with Crippen molar-refractivity contribution >= 4 is 42.0 Å². The Balaban J connectivity index is 1.76. The highest BCUT2D eigenvalue weighted by atomic mass is 35.5. The largest absolute Gasteiger partial charge is 0.431 e. The summed E-state index contributed by atoms with van der Waals surface area (Å²) in [6.45, 7) is 5.79. The number of hydrogen-bond acceptors (Lipinski definition) is 9. The Morgan fingerprint density at radius 2 is 1.92 bits per heavy atom. The molecular weight excluding hydrogens is 509 g/mol. The maximum absolute atomic E-state index is 13.9. The van der Waals surface area contributed by atoms with Crippen molar-refractivity contribution in [2.75, 3.05) is 25.8 Å². The number of ether oxygens (including phenoxy) is 2. The molecule has 36 heavy (non-hydrogen) atoms. The van der Waals surface area contributed by atoms with Crippen LogP contribution in [0.3, 0.4) is 0 Å². The van der Waals surface area contributed by atoms with E-state index in [1.54, 1.807) is 42.1 Å². The normalized spacial score (nSPS) is 14.9. The van der Waals surface area contributed by atoms with E-state index >= 15 is 0 Å². The average Bonchev–Trinajstić information content (AvgIpc) is 3.23. The van der Waals surface area contributed by atoms with Crippen LogP contribution in [0.5, 0.6) is 5.75 Å². The second kappa shape index (κ2) is 12.5. The molecule has 2 aromatic heterocycles. The van der Waals surface area contributed by atoms with E-state index in [2.05, 4.69) is 25.4 Å². The third-order valence-corrected chi connectivity index (χ3v) is 6.86. The Kier molecular flexibility index (Phi) is 9.63. The molecule has 2 heterocycles. The van der Waals surface area contributed by atoms with Crippen molar-refractivity contribution in [3.8, 4) is 5.75 Å². The van der Waals surface area contributed by atoms with Gasteiger partial charge in [-0.3, -0.25) is 9.36 Å². The number of aromatic nitrogens is 4. The molecule has 1 amide bonds. The molecule has 4 N–H and O–H groups in total. The monoisotopic (exact) mass is 539 g/mol. The smallest absolute Gasteiger partial charge is 0.342 e. The maximum atomic E-state index is 13.9. The van der Waals surface area contributed by atoms with Crippen molar-refractivity contribution in [1.29, 1.82) is 0 Å². The Labute approximate surface area is 214 Å². The number of halogens is 1. The molecule has 0 saturated heterocycles. The summed E-state index contributed by atoms with van der Waals surface area (Å²) in [6.07, 6.45) is 2.20. The van der Waals surface area contributed by atoms with Gasteiger partial charge in [-0.15, -0.1) is 0 Å². The van der Waals surface area contributed by atoms with Crippen molar-refractivity contribution in [3.63, 3.8) is 0 Å². The highest BCUT2D eigenvalue weighted by Crippen LogP contribution is 2.44. The van der Waals surface area contributed by atoms with Crippen molar-refractivity contribution < 1.29 is 23.4 Å². The van der Waals surface area contributed by atoms with Crippen molar-refractivity contribution in [1.82, 2.24) is 29.9 Å². The van der Waals surface area contributed by atoms with Crippen LogP contribution in [-0.4, -0.2) is 63.7 Å². The van der Waals surface area contributed by atoms with Gasteiger partial charge in [0.05, 0.1) is 25.6 Å². The zero-order valence-electron chi connectivity index (χ0n) is 20.6. The minimum absolute atomic E-state index is 0.0236. The highest BCUT2D eigenvalue weighted by Gasteiger charge is 2.33. The fourth-order valence-electron chi connectivity index (χ4n) is 3.30. The molecule has 3 aromatic rings. The number of nitrogen functional groups attached to an aromatic ring is 1. The highest BCUT2D eigenvalue weighted by molar-refractivity contribution is 7.57. The summed E-state index contributed by atoms with van der Waals surface area (Å²) in [7, 11) is -2.31. The SMILES string of the molecule is COC[C@H](N[P@](=O)(CO[C@H](C)Cn1cnc2c(N)ncnc21)Oc1ccc(Cl)cc1)C(=O)NC(C)C. The summed E-state index contributed by atoms with van der Waals surface area (Å²) < 4.78 is 32.6. The molecule has 14 heteroatoms. The van der Waals surface area contributed by atoms with Gasteiger partial charge in [0.2, 0.25) is 5.91 Å². The Hall–Kier alpha value is -2.76. The van der Waals surface area contributed by atoms with Gasteiger partial charge >= 0.3 is 7.52 Å². The second-order valence-corrected chi connectivity index (χ2v) is 10.9. The number of benzene rings is 1. The molecule has 0 aliphatic carbocycles. The van der Waals surface area contributed by atoms with Gasteiger partial charge in [0.25, 0.3) is 0 Å². The van der Waals surface area contributed by atoms with Crippen LogP contribution < -0.4 is 20.7 Å². The van der Waals surface area contributed by atoms with E-state index in [0.717, 1.165) is 0 Å². The molecule has 12 nitrogen and oxygen atoms in total. The van der Waals surface area contributed by atoms with Crippen LogP contribution in [-0.2, 0) is 25.4 Å². The molecule has 0 unspecified atom stereocenters. The Morgan fingerprint density at radius 1 is 1.19 bits per heavy atom. The fraction of sp³-hybridized carbons (Fsp3) is 0.455. The molecular formula is C22H31ClN7O5P. The van der Waals surface area contributed by atoms with E-state index in [9.17, 15) is 9.36 Å². The molecule has 0 radical (unpaired) electrons. The molecule has 0 aliphatic rings.